The van der Waals surface area contributed by atoms with Crippen molar-refractivity contribution in [3.63, 3.8) is 0 Å². The molecule has 76 valence electrons. The van der Waals surface area contributed by atoms with Gasteiger partial charge in [0.15, 0.2) is 0 Å². The molecule has 0 N–H and O–H groups in total. The molecular weight excluding hydrogens is 304 g/mol. The van der Waals surface area contributed by atoms with Crippen LogP contribution in [0.5, 0.6) is 0 Å². The van der Waals surface area contributed by atoms with Gasteiger partial charge in [0.1, 0.15) is 0 Å². The molecule has 0 aliphatic carbocycles. The van der Waals surface area contributed by atoms with Crippen molar-refractivity contribution in [1.29, 1.82) is 0 Å². The van der Waals surface area contributed by atoms with E-state index in [1.54, 1.807) is 0 Å². The molecule has 0 unspecified atom stereocenters. The summed E-state index contributed by atoms with van der Waals surface area (Å²) < 4.78 is 3.85. The number of benzene rings is 1. The van der Waals surface area contributed by atoms with Crippen molar-refractivity contribution in [1.82, 2.24) is 0 Å². The van der Waals surface area contributed by atoms with E-state index < -0.39 is 0 Å². The third-order valence-electron chi connectivity index (χ3n) is 1.71. The molecule has 0 saturated heterocycles. The van der Waals surface area contributed by atoms with Crippen LogP contribution in [0.4, 0.5) is 0 Å². The van der Waals surface area contributed by atoms with Gasteiger partial charge in [0, 0.05) is 0 Å². The Kier molecular flexibility index (Phi) is 7.31. The van der Waals surface area contributed by atoms with Crippen molar-refractivity contribution in [2.45, 2.75) is 29.1 Å². The first-order valence-electron chi connectivity index (χ1n) is 4.92. The fraction of sp³-hybridized carbons (Fsp3) is 0.333. The Balaban J connectivity index is 2.14. The molecule has 0 aliphatic heterocycles. The first-order valence-corrected chi connectivity index (χ1v) is 8.79. The Hall–Kier alpha value is 0.0996. The van der Waals surface area contributed by atoms with Gasteiger partial charge >= 0.3 is 102 Å². The zero-order valence-electron chi connectivity index (χ0n) is 8.48. The summed E-state index contributed by atoms with van der Waals surface area (Å²) in [4.78, 5) is 1.34. The molecule has 2 heteroatoms. The van der Waals surface area contributed by atoms with Crippen LogP contribution in [0.25, 0.3) is 0 Å². The normalized spacial score (nSPS) is 10.9. The van der Waals surface area contributed by atoms with Crippen molar-refractivity contribution in [3.8, 4) is 0 Å². The van der Waals surface area contributed by atoms with Gasteiger partial charge in [0.25, 0.3) is 0 Å². The van der Waals surface area contributed by atoms with E-state index in [0.29, 0.717) is 0 Å². The molecule has 1 aromatic rings. The zero-order chi connectivity index (χ0) is 10.1. The molecule has 0 aromatic heterocycles. The van der Waals surface area contributed by atoms with E-state index in [4.69, 9.17) is 0 Å². The van der Waals surface area contributed by atoms with Crippen LogP contribution in [0.2, 0.25) is 4.47 Å². The minimum absolute atomic E-state index is 0.156. The zero-order valence-corrected chi connectivity index (χ0v) is 11.6. The maximum absolute atomic E-state index is 2.40. The SMILES string of the molecule is CCCC[Te]/C=C\Sc1ccccc1. The van der Waals surface area contributed by atoms with E-state index in [-0.39, 0.29) is 20.9 Å². The average Bonchev–Trinajstić information content (AvgIpc) is 2.25. The molecule has 0 spiro atoms. The molecule has 1 aromatic carbocycles. The maximum atomic E-state index is 2.40. The second-order valence-electron chi connectivity index (χ2n) is 2.93. The molecule has 0 radical (unpaired) electrons. The van der Waals surface area contributed by atoms with E-state index in [2.05, 4.69) is 46.8 Å². The molecule has 0 saturated carbocycles. The van der Waals surface area contributed by atoms with Crippen molar-refractivity contribution in [2.75, 3.05) is 0 Å². The fourth-order valence-electron chi connectivity index (χ4n) is 0.940. The average molecular weight is 320 g/mol. The summed E-state index contributed by atoms with van der Waals surface area (Å²) >= 11 is 1.99. The van der Waals surface area contributed by atoms with Gasteiger partial charge < -0.3 is 0 Å². The Bertz CT molecular complexity index is 256. The third kappa shape index (κ3) is 5.75. The molecule has 0 aliphatic rings. The minimum atomic E-state index is 0.156. The third-order valence-corrected chi connectivity index (χ3v) is 5.50. The van der Waals surface area contributed by atoms with Gasteiger partial charge in [-0.05, 0) is 0 Å². The van der Waals surface area contributed by atoms with E-state index in [1.807, 2.05) is 11.8 Å². The van der Waals surface area contributed by atoms with Crippen LogP contribution in [-0.4, -0.2) is 20.9 Å². The predicted molar refractivity (Wildman–Crippen MR) is 66.9 cm³/mol. The van der Waals surface area contributed by atoms with Crippen LogP contribution in [0.15, 0.2) is 44.8 Å². The van der Waals surface area contributed by atoms with E-state index >= 15 is 0 Å². The molecule has 0 amide bonds. The topological polar surface area (TPSA) is 0 Å². The van der Waals surface area contributed by atoms with Crippen molar-refractivity contribution < 1.29 is 0 Å². The summed E-state index contributed by atoms with van der Waals surface area (Å²) in [6.45, 7) is 2.26. The van der Waals surface area contributed by atoms with Gasteiger partial charge in [-0.15, -0.1) is 0 Å². The Morgan fingerprint density at radius 1 is 1.29 bits per heavy atom. The van der Waals surface area contributed by atoms with Crippen LogP contribution in [-0.2, 0) is 0 Å². The van der Waals surface area contributed by atoms with Gasteiger partial charge in [0.2, 0.25) is 0 Å². The molecule has 1 rings (SSSR count). The molecule has 0 fully saturated rings. The van der Waals surface area contributed by atoms with Crippen LogP contribution < -0.4 is 0 Å². The first-order chi connectivity index (χ1) is 6.93. The van der Waals surface area contributed by atoms with Crippen molar-refractivity contribution in [2.24, 2.45) is 0 Å². The summed E-state index contributed by atoms with van der Waals surface area (Å²) in [6.07, 6.45) is 2.74. The van der Waals surface area contributed by atoms with E-state index in [9.17, 15) is 0 Å². The molecule has 0 nitrogen and oxygen atoms in total. The van der Waals surface area contributed by atoms with Crippen molar-refractivity contribution in [3.05, 3.63) is 39.9 Å². The molecular formula is C12H16STe. The van der Waals surface area contributed by atoms with E-state index in [0.717, 1.165) is 0 Å². The summed E-state index contributed by atoms with van der Waals surface area (Å²) in [6, 6.07) is 10.5. The molecule has 14 heavy (non-hydrogen) atoms. The second kappa shape index (κ2) is 8.41. The fourth-order valence-corrected chi connectivity index (χ4v) is 4.38. The Labute approximate surface area is 101 Å². The number of unbranched alkanes of at least 4 members (excludes halogenated alkanes) is 1. The van der Waals surface area contributed by atoms with Crippen LogP contribution >= 0.6 is 11.8 Å². The van der Waals surface area contributed by atoms with Gasteiger partial charge in [-0.2, -0.15) is 0 Å². The van der Waals surface area contributed by atoms with Crippen LogP contribution in [0, 0.1) is 0 Å². The predicted octanol–water partition coefficient (Wildman–Crippen LogP) is 4.17. The number of rotatable bonds is 6. The number of hydrogen-bond donors (Lipinski definition) is 0. The molecule has 0 heterocycles. The van der Waals surface area contributed by atoms with Crippen LogP contribution in [0.3, 0.4) is 0 Å². The summed E-state index contributed by atoms with van der Waals surface area (Å²) in [5, 5.41) is 2.26. The first kappa shape index (κ1) is 12.2. The van der Waals surface area contributed by atoms with Crippen molar-refractivity contribution >= 4 is 32.7 Å². The van der Waals surface area contributed by atoms with Gasteiger partial charge in [0.05, 0.1) is 0 Å². The Morgan fingerprint density at radius 3 is 2.79 bits per heavy atom. The molecule has 0 bridgehead atoms. The van der Waals surface area contributed by atoms with Crippen LogP contribution in [0.1, 0.15) is 19.8 Å². The number of thioether (sulfide) groups is 1. The monoisotopic (exact) mass is 322 g/mol. The summed E-state index contributed by atoms with van der Waals surface area (Å²) in [5.41, 5.74) is 0. The standard InChI is InChI=1S/C12H16STe/c1-2-3-10-14-11-9-13-12-7-5-4-6-8-12/h4-9,11H,2-3,10H2,1H3/b11-9-. The summed E-state index contributed by atoms with van der Waals surface area (Å²) in [7, 11) is 0. The quantitative estimate of drug-likeness (QED) is 0.431. The Morgan fingerprint density at radius 2 is 2.07 bits per heavy atom. The van der Waals surface area contributed by atoms with Gasteiger partial charge in [-0.1, -0.05) is 0 Å². The van der Waals surface area contributed by atoms with E-state index in [1.165, 1.54) is 22.2 Å². The number of hydrogen-bond acceptors (Lipinski definition) is 1. The second-order valence-corrected chi connectivity index (χ2v) is 6.80. The van der Waals surface area contributed by atoms with Gasteiger partial charge in [-0.25, -0.2) is 0 Å². The summed E-state index contributed by atoms with van der Waals surface area (Å²) in [5.74, 6) is 0. The van der Waals surface area contributed by atoms with Gasteiger partial charge in [-0.3, -0.25) is 0 Å². The molecule has 0 atom stereocenters.